The minimum absolute atomic E-state index is 0.0929. The lowest BCUT2D eigenvalue weighted by molar-refractivity contribution is -0.130. The van der Waals surface area contributed by atoms with Crippen molar-refractivity contribution in [3.05, 3.63) is 130 Å². The highest BCUT2D eigenvalue weighted by atomic mass is 16.5. The van der Waals surface area contributed by atoms with Crippen LogP contribution in [0.15, 0.2) is 97.1 Å². The van der Waals surface area contributed by atoms with E-state index in [1.165, 1.54) is 25.3 Å². The fraction of sp³-hybridized carbons (Fsp3) is 0.270. The number of likely N-dealkylation sites (tertiary alicyclic amines) is 1. The van der Waals surface area contributed by atoms with Gasteiger partial charge in [-0.15, -0.1) is 0 Å². The van der Waals surface area contributed by atoms with Crippen molar-refractivity contribution in [3.63, 3.8) is 0 Å². The molecule has 45 heavy (non-hydrogen) atoms. The van der Waals surface area contributed by atoms with Crippen LogP contribution in [0.5, 0.6) is 11.5 Å². The zero-order valence-corrected chi connectivity index (χ0v) is 25.8. The van der Waals surface area contributed by atoms with Gasteiger partial charge in [-0.25, -0.2) is 9.59 Å². The third-order valence-electron chi connectivity index (χ3n) is 8.44. The molecule has 0 unspecified atom stereocenters. The van der Waals surface area contributed by atoms with Gasteiger partial charge in [0.1, 0.15) is 24.7 Å². The van der Waals surface area contributed by atoms with Crippen molar-refractivity contribution in [1.82, 2.24) is 4.90 Å². The number of benzene rings is 4. The van der Waals surface area contributed by atoms with E-state index in [0.717, 1.165) is 35.5 Å². The summed E-state index contributed by atoms with van der Waals surface area (Å²) in [6.45, 7) is 3.72. The molecule has 232 valence electrons. The van der Waals surface area contributed by atoms with E-state index >= 15 is 0 Å². The SMILES string of the molecule is COC(=O)c1ccc(COc2ccc(C3(c4ccc(OCc5ccc(C(=O)OC)cc5)cc4)CCN(C(C)=O)CC3)cc2)cc1. The van der Waals surface area contributed by atoms with Crippen LogP contribution in [0.25, 0.3) is 0 Å². The Bertz CT molecular complexity index is 1490. The number of esters is 2. The van der Waals surface area contributed by atoms with Crippen molar-refractivity contribution in [2.45, 2.75) is 38.4 Å². The molecule has 0 aliphatic carbocycles. The molecule has 1 fully saturated rings. The fourth-order valence-corrected chi connectivity index (χ4v) is 5.73. The monoisotopic (exact) mass is 607 g/mol. The zero-order valence-electron chi connectivity index (χ0n) is 25.8. The second-order valence-electron chi connectivity index (χ2n) is 11.1. The zero-order chi connectivity index (χ0) is 31.8. The molecule has 0 aromatic heterocycles. The Kier molecular flexibility index (Phi) is 9.82. The van der Waals surface area contributed by atoms with Crippen LogP contribution in [0, 0.1) is 0 Å². The molecule has 4 aromatic carbocycles. The number of hydrogen-bond acceptors (Lipinski definition) is 7. The van der Waals surface area contributed by atoms with Gasteiger partial charge in [-0.1, -0.05) is 48.5 Å². The Hall–Kier alpha value is -5.11. The number of ether oxygens (including phenoxy) is 4. The summed E-state index contributed by atoms with van der Waals surface area (Å²) in [5, 5.41) is 0. The second kappa shape index (κ2) is 14.1. The van der Waals surface area contributed by atoms with Crippen LogP contribution in [0.3, 0.4) is 0 Å². The number of nitrogens with zero attached hydrogens (tertiary/aromatic N) is 1. The smallest absolute Gasteiger partial charge is 0.337 e. The van der Waals surface area contributed by atoms with Gasteiger partial charge >= 0.3 is 11.9 Å². The normalized spacial score (nSPS) is 13.9. The van der Waals surface area contributed by atoms with Crippen LogP contribution in [0.4, 0.5) is 0 Å². The van der Waals surface area contributed by atoms with E-state index < -0.39 is 0 Å². The van der Waals surface area contributed by atoms with Gasteiger partial charge in [-0.2, -0.15) is 0 Å². The quantitative estimate of drug-likeness (QED) is 0.194. The van der Waals surface area contributed by atoms with Crippen molar-refractivity contribution < 1.29 is 33.3 Å². The van der Waals surface area contributed by atoms with Crippen LogP contribution >= 0.6 is 0 Å². The fourth-order valence-electron chi connectivity index (χ4n) is 5.73. The van der Waals surface area contributed by atoms with Crippen molar-refractivity contribution >= 4 is 17.8 Å². The van der Waals surface area contributed by atoms with Crippen molar-refractivity contribution in [3.8, 4) is 11.5 Å². The summed E-state index contributed by atoms with van der Waals surface area (Å²) >= 11 is 0. The standard InChI is InChI=1S/C37H37NO7/c1-26(39)38-22-20-37(21-23-38,31-12-16-33(17-13-31)44-24-27-4-8-29(9-5-27)35(40)42-2)32-14-18-34(19-15-32)45-25-28-6-10-30(11-7-28)36(41)43-3/h4-19H,20-25H2,1-3H3. The predicted molar refractivity (Wildman–Crippen MR) is 169 cm³/mol. The molecule has 8 heteroatoms. The van der Waals surface area contributed by atoms with E-state index in [9.17, 15) is 14.4 Å². The molecule has 1 heterocycles. The van der Waals surface area contributed by atoms with Gasteiger partial charge in [0.2, 0.25) is 5.91 Å². The minimum Gasteiger partial charge on any atom is -0.489 e. The molecule has 0 saturated carbocycles. The van der Waals surface area contributed by atoms with Crippen molar-refractivity contribution in [2.24, 2.45) is 0 Å². The van der Waals surface area contributed by atoms with E-state index in [0.29, 0.717) is 37.4 Å². The van der Waals surface area contributed by atoms with Crippen LogP contribution in [0.1, 0.15) is 62.7 Å². The molecular formula is C37H37NO7. The van der Waals surface area contributed by atoms with Gasteiger partial charge in [0.15, 0.2) is 0 Å². The van der Waals surface area contributed by atoms with Crippen molar-refractivity contribution in [1.29, 1.82) is 0 Å². The number of hydrogen-bond donors (Lipinski definition) is 0. The number of piperidine rings is 1. The van der Waals surface area contributed by atoms with E-state index in [4.69, 9.17) is 18.9 Å². The van der Waals surface area contributed by atoms with Crippen LogP contribution < -0.4 is 9.47 Å². The third-order valence-corrected chi connectivity index (χ3v) is 8.44. The molecular weight excluding hydrogens is 570 g/mol. The first kappa shape index (κ1) is 31.3. The van der Waals surface area contributed by atoms with E-state index in [1.54, 1.807) is 31.2 Å². The summed E-state index contributed by atoms with van der Waals surface area (Å²) in [7, 11) is 2.73. The Balaban J connectivity index is 1.28. The predicted octanol–water partition coefficient (Wildman–Crippen LogP) is 6.35. The second-order valence-corrected chi connectivity index (χ2v) is 11.1. The van der Waals surface area contributed by atoms with E-state index in [2.05, 4.69) is 24.3 Å². The lowest BCUT2D eigenvalue weighted by Gasteiger charge is -2.42. The van der Waals surface area contributed by atoms with E-state index in [-0.39, 0.29) is 23.3 Å². The number of amides is 1. The Labute approximate surface area is 263 Å². The summed E-state index contributed by atoms with van der Waals surface area (Å²) in [6, 6.07) is 30.7. The Morgan fingerprint density at radius 2 is 0.978 bits per heavy atom. The van der Waals surface area contributed by atoms with Gasteiger partial charge in [-0.05, 0) is 83.6 Å². The Morgan fingerprint density at radius 3 is 1.31 bits per heavy atom. The van der Waals surface area contributed by atoms with Crippen molar-refractivity contribution in [2.75, 3.05) is 27.3 Å². The average molecular weight is 608 g/mol. The molecule has 8 nitrogen and oxygen atoms in total. The maximum atomic E-state index is 12.1. The first-order valence-corrected chi connectivity index (χ1v) is 14.9. The molecule has 0 bridgehead atoms. The highest BCUT2D eigenvalue weighted by Crippen LogP contribution is 2.43. The number of carbonyl (C=O) groups excluding carboxylic acids is 3. The number of rotatable bonds is 10. The maximum absolute atomic E-state index is 12.1. The van der Waals surface area contributed by atoms with Gasteiger partial charge in [0.25, 0.3) is 0 Å². The summed E-state index contributed by atoms with van der Waals surface area (Å²) < 4.78 is 21.6. The van der Waals surface area contributed by atoms with Crippen LogP contribution in [-0.2, 0) is 32.9 Å². The molecule has 1 saturated heterocycles. The molecule has 0 N–H and O–H groups in total. The third kappa shape index (κ3) is 7.34. The molecule has 0 spiro atoms. The molecule has 5 rings (SSSR count). The summed E-state index contributed by atoms with van der Waals surface area (Å²) in [5.41, 5.74) is 4.95. The van der Waals surface area contributed by atoms with E-state index in [1.807, 2.05) is 53.4 Å². The molecule has 1 aliphatic rings. The molecule has 0 atom stereocenters. The van der Waals surface area contributed by atoms with Gasteiger partial charge in [0, 0.05) is 25.4 Å². The van der Waals surface area contributed by atoms with Gasteiger partial charge in [-0.3, -0.25) is 4.79 Å². The summed E-state index contributed by atoms with van der Waals surface area (Å²) in [6.07, 6.45) is 1.60. The van der Waals surface area contributed by atoms with Gasteiger partial charge in [0.05, 0.1) is 25.3 Å². The molecule has 1 amide bonds. The average Bonchev–Trinajstić information content (AvgIpc) is 3.10. The first-order chi connectivity index (χ1) is 21.8. The lowest BCUT2D eigenvalue weighted by Crippen LogP contribution is -2.45. The number of carbonyl (C=O) groups is 3. The Morgan fingerprint density at radius 1 is 0.600 bits per heavy atom. The largest absolute Gasteiger partial charge is 0.489 e. The minimum atomic E-state index is -0.368. The first-order valence-electron chi connectivity index (χ1n) is 14.9. The molecule has 1 aliphatic heterocycles. The summed E-state index contributed by atoms with van der Waals surface area (Å²) in [5.74, 6) is 0.848. The lowest BCUT2D eigenvalue weighted by atomic mass is 9.68. The maximum Gasteiger partial charge on any atom is 0.337 e. The highest BCUT2D eigenvalue weighted by molar-refractivity contribution is 5.89. The summed E-state index contributed by atoms with van der Waals surface area (Å²) in [4.78, 5) is 37.4. The highest BCUT2D eigenvalue weighted by Gasteiger charge is 2.38. The molecule has 0 radical (unpaired) electrons. The van der Waals surface area contributed by atoms with Crippen LogP contribution in [-0.4, -0.2) is 50.1 Å². The number of methoxy groups -OCH3 is 2. The van der Waals surface area contributed by atoms with Gasteiger partial charge < -0.3 is 23.8 Å². The molecule has 4 aromatic rings. The topological polar surface area (TPSA) is 91.4 Å². The van der Waals surface area contributed by atoms with Crippen LogP contribution in [0.2, 0.25) is 0 Å².